The molecule has 0 atom stereocenters. The molecule has 1 aliphatic rings. The van der Waals surface area contributed by atoms with Crippen molar-refractivity contribution in [2.45, 2.75) is 13.5 Å². The van der Waals surface area contributed by atoms with E-state index < -0.39 is 0 Å². The zero-order valence-electron chi connectivity index (χ0n) is 14.3. The van der Waals surface area contributed by atoms with Crippen LogP contribution in [0.2, 0.25) is 0 Å². The van der Waals surface area contributed by atoms with Crippen molar-refractivity contribution in [2.75, 3.05) is 6.54 Å². The Labute approximate surface area is 162 Å². The number of amides is 1. The lowest BCUT2D eigenvalue weighted by Crippen LogP contribution is -2.29. The molecule has 0 unspecified atom stereocenters. The van der Waals surface area contributed by atoms with Crippen LogP contribution in [0.1, 0.15) is 18.2 Å². The molecule has 3 rings (SSSR count). The molecule has 0 N–H and O–H groups in total. The number of thiocarbonyl (C=S) groups is 1. The highest BCUT2D eigenvalue weighted by Gasteiger charge is 2.31. The minimum atomic E-state index is -0.0949. The number of benzene rings is 1. The molecule has 1 aromatic carbocycles. The Balaban J connectivity index is 1.79. The number of aromatic nitrogens is 1. The first-order valence-corrected chi connectivity index (χ1v) is 9.28. The lowest BCUT2D eigenvalue weighted by molar-refractivity contribution is -0.121. The van der Waals surface area contributed by atoms with Crippen LogP contribution in [0.4, 0.5) is 0 Å². The fourth-order valence-electron chi connectivity index (χ4n) is 2.41. The third-order valence-electron chi connectivity index (χ3n) is 3.61. The molecule has 0 radical (unpaired) electrons. The number of ether oxygens (including phenoxy) is 1. The molecule has 1 aromatic heterocycles. The van der Waals surface area contributed by atoms with E-state index in [1.54, 1.807) is 11.1 Å². The SMILES string of the molecule is C=C(C)CN1C(=O)/C(=C\c2ccccc2OCc2ccccn2)SC1=S. The molecule has 6 heteroatoms. The molecule has 0 saturated carbocycles. The summed E-state index contributed by atoms with van der Waals surface area (Å²) in [7, 11) is 0. The third-order valence-corrected chi connectivity index (χ3v) is 4.99. The Morgan fingerprint density at radius 3 is 2.81 bits per heavy atom. The number of thioether (sulfide) groups is 1. The highest BCUT2D eigenvalue weighted by atomic mass is 32.2. The van der Waals surface area contributed by atoms with Crippen molar-refractivity contribution in [3.05, 3.63) is 77.0 Å². The van der Waals surface area contributed by atoms with Crippen molar-refractivity contribution in [3.63, 3.8) is 0 Å². The minimum absolute atomic E-state index is 0.0949. The number of carbonyl (C=O) groups is 1. The zero-order chi connectivity index (χ0) is 18.5. The Bertz CT molecular complexity index is 878. The summed E-state index contributed by atoms with van der Waals surface area (Å²) in [5, 5.41) is 0. The van der Waals surface area contributed by atoms with Gasteiger partial charge in [0, 0.05) is 18.3 Å². The molecule has 1 fully saturated rings. The van der Waals surface area contributed by atoms with Crippen molar-refractivity contribution in [3.8, 4) is 5.75 Å². The number of hydrogen-bond donors (Lipinski definition) is 0. The summed E-state index contributed by atoms with van der Waals surface area (Å²) in [6.45, 7) is 6.54. The van der Waals surface area contributed by atoms with Crippen LogP contribution in [0.5, 0.6) is 5.75 Å². The van der Waals surface area contributed by atoms with Crippen LogP contribution in [0.15, 0.2) is 65.7 Å². The molecule has 26 heavy (non-hydrogen) atoms. The standard InChI is InChI=1S/C20H18N2O2S2/c1-14(2)12-22-19(23)18(26-20(22)25)11-15-7-3-4-9-17(15)24-13-16-8-5-6-10-21-16/h3-11H,1,12-13H2,2H3/b18-11+. The summed E-state index contributed by atoms with van der Waals surface area (Å²) < 4.78 is 6.45. The maximum atomic E-state index is 12.6. The fourth-order valence-corrected chi connectivity index (χ4v) is 3.66. The van der Waals surface area contributed by atoms with Crippen LogP contribution in [0, 0.1) is 0 Å². The molecule has 4 nitrogen and oxygen atoms in total. The summed E-state index contributed by atoms with van der Waals surface area (Å²) in [6.07, 6.45) is 3.56. The van der Waals surface area contributed by atoms with E-state index in [0.717, 1.165) is 16.8 Å². The summed E-state index contributed by atoms with van der Waals surface area (Å²) in [4.78, 5) is 19.0. The number of hydrogen-bond acceptors (Lipinski definition) is 5. The van der Waals surface area contributed by atoms with Crippen molar-refractivity contribution >= 4 is 40.3 Å². The van der Waals surface area contributed by atoms with Gasteiger partial charge in [0.1, 0.15) is 16.7 Å². The van der Waals surface area contributed by atoms with Gasteiger partial charge in [0.2, 0.25) is 0 Å². The monoisotopic (exact) mass is 382 g/mol. The van der Waals surface area contributed by atoms with Gasteiger partial charge in [-0.1, -0.05) is 60.4 Å². The second kappa shape index (κ2) is 8.29. The normalized spacial score (nSPS) is 15.6. The first-order valence-electron chi connectivity index (χ1n) is 8.06. The summed E-state index contributed by atoms with van der Waals surface area (Å²) >= 11 is 6.63. The fraction of sp³-hybridized carbons (Fsp3) is 0.150. The number of pyridine rings is 1. The van der Waals surface area contributed by atoms with Gasteiger partial charge < -0.3 is 4.74 Å². The molecule has 2 heterocycles. The van der Waals surface area contributed by atoms with E-state index in [2.05, 4.69) is 11.6 Å². The van der Waals surface area contributed by atoms with Crippen LogP contribution in [0.3, 0.4) is 0 Å². The maximum absolute atomic E-state index is 12.6. The van der Waals surface area contributed by atoms with Gasteiger partial charge in [-0.15, -0.1) is 0 Å². The van der Waals surface area contributed by atoms with Crippen LogP contribution in [-0.4, -0.2) is 26.7 Å². The number of carbonyl (C=O) groups excluding carboxylic acids is 1. The number of rotatable bonds is 6. The highest BCUT2D eigenvalue weighted by Crippen LogP contribution is 2.34. The van der Waals surface area contributed by atoms with Crippen molar-refractivity contribution in [1.29, 1.82) is 0 Å². The first-order chi connectivity index (χ1) is 12.5. The van der Waals surface area contributed by atoms with Gasteiger partial charge in [-0.25, -0.2) is 0 Å². The van der Waals surface area contributed by atoms with Gasteiger partial charge in [0.15, 0.2) is 0 Å². The Morgan fingerprint density at radius 1 is 1.31 bits per heavy atom. The molecule has 1 aliphatic heterocycles. The average Bonchev–Trinajstić information content (AvgIpc) is 2.89. The van der Waals surface area contributed by atoms with Crippen LogP contribution in [-0.2, 0) is 11.4 Å². The molecule has 0 spiro atoms. The molecule has 2 aromatic rings. The van der Waals surface area contributed by atoms with E-state index in [1.165, 1.54) is 11.8 Å². The third kappa shape index (κ3) is 4.39. The van der Waals surface area contributed by atoms with Crippen molar-refractivity contribution in [2.24, 2.45) is 0 Å². The Morgan fingerprint density at radius 2 is 2.08 bits per heavy atom. The molecular weight excluding hydrogens is 364 g/mol. The van der Waals surface area contributed by atoms with Gasteiger partial charge in [-0.3, -0.25) is 14.7 Å². The highest BCUT2D eigenvalue weighted by molar-refractivity contribution is 8.26. The van der Waals surface area contributed by atoms with E-state index in [-0.39, 0.29) is 5.91 Å². The zero-order valence-corrected chi connectivity index (χ0v) is 16.0. The largest absolute Gasteiger partial charge is 0.487 e. The van der Waals surface area contributed by atoms with E-state index in [0.29, 0.717) is 28.1 Å². The number of nitrogens with zero attached hydrogens (tertiary/aromatic N) is 2. The van der Waals surface area contributed by atoms with Crippen LogP contribution < -0.4 is 4.74 Å². The summed E-state index contributed by atoms with van der Waals surface area (Å²) in [5.74, 6) is 0.603. The molecule has 1 amide bonds. The molecule has 1 saturated heterocycles. The van der Waals surface area contributed by atoms with E-state index in [4.69, 9.17) is 17.0 Å². The van der Waals surface area contributed by atoms with Gasteiger partial charge in [-0.2, -0.15) is 0 Å². The molecule has 0 aliphatic carbocycles. The molecular formula is C20H18N2O2S2. The quantitative estimate of drug-likeness (QED) is 0.420. The van der Waals surface area contributed by atoms with Crippen molar-refractivity contribution in [1.82, 2.24) is 9.88 Å². The molecule has 132 valence electrons. The predicted octanol–water partition coefficient (Wildman–Crippen LogP) is 4.44. The second-order valence-corrected chi connectivity index (χ2v) is 7.55. The predicted molar refractivity (Wildman–Crippen MR) is 110 cm³/mol. The van der Waals surface area contributed by atoms with Gasteiger partial charge in [-0.05, 0) is 31.2 Å². The van der Waals surface area contributed by atoms with Gasteiger partial charge >= 0.3 is 0 Å². The van der Waals surface area contributed by atoms with E-state index >= 15 is 0 Å². The number of para-hydroxylation sites is 1. The van der Waals surface area contributed by atoms with Gasteiger partial charge in [0.25, 0.3) is 5.91 Å². The summed E-state index contributed by atoms with van der Waals surface area (Å²) in [6, 6.07) is 13.3. The maximum Gasteiger partial charge on any atom is 0.266 e. The van der Waals surface area contributed by atoms with Gasteiger partial charge in [0.05, 0.1) is 10.6 Å². The van der Waals surface area contributed by atoms with Crippen LogP contribution >= 0.6 is 24.0 Å². The lowest BCUT2D eigenvalue weighted by atomic mass is 10.2. The van der Waals surface area contributed by atoms with Crippen LogP contribution in [0.25, 0.3) is 6.08 Å². The molecule has 0 bridgehead atoms. The second-order valence-electron chi connectivity index (χ2n) is 5.87. The topological polar surface area (TPSA) is 42.4 Å². The first kappa shape index (κ1) is 18.4. The minimum Gasteiger partial charge on any atom is -0.487 e. The average molecular weight is 383 g/mol. The van der Waals surface area contributed by atoms with E-state index in [9.17, 15) is 4.79 Å². The van der Waals surface area contributed by atoms with Crippen molar-refractivity contribution < 1.29 is 9.53 Å². The Hall–Kier alpha value is -2.44. The van der Waals surface area contributed by atoms with E-state index in [1.807, 2.05) is 55.5 Å². The Kier molecular flexibility index (Phi) is 5.85. The summed E-state index contributed by atoms with van der Waals surface area (Å²) in [5.41, 5.74) is 2.57. The smallest absolute Gasteiger partial charge is 0.266 e. The lowest BCUT2D eigenvalue weighted by Gasteiger charge is -2.13.